The zero-order valence-corrected chi connectivity index (χ0v) is 17.8. The van der Waals surface area contributed by atoms with Crippen molar-refractivity contribution in [2.75, 3.05) is 11.9 Å². The minimum absolute atomic E-state index is 0.0241. The van der Waals surface area contributed by atoms with Gasteiger partial charge in [0.2, 0.25) is 0 Å². The van der Waals surface area contributed by atoms with Crippen molar-refractivity contribution in [3.05, 3.63) is 104 Å². The fourth-order valence-corrected chi connectivity index (χ4v) is 3.14. The van der Waals surface area contributed by atoms with Crippen LogP contribution in [0.5, 0.6) is 0 Å². The van der Waals surface area contributed by atoms with Crippen molar-refractivity contribution in [1.82, 2.24) is 0 Å². The Kier molecular flexibility index (Phi) is 6.92. The van der Waals surface area contributed by atoms with Crippen LogP contribution in [-0.4, -0.2) is 29.2 Å². The number of ketones is 1. The maximum absolute atomic E-state index is 13.2. The molecule has 0 bridgehead atoms. The molecule has 0 fully saturated rings. The fraction of sp³-hybridized carbons (Fsp3) is 0.125. The van der Waals surface area contributed by atoms with Crippen LogP contribution in [0, 0.1) is 29.8 Å². The van der Waals surface area contributed by atoms with Gasteiger partial charge in [-0.2, -0.15) is 0 Å². The van der Waals surface area contributed by atoms with E-state index in [2.05, 4.69) is 5.32 Å². The number of esters is 1. The lowest BCUT2D eigenvalue weighted by molar-refractivity contribution is -0.384. The van der Waals surface area contributed by atoms with Gasteiger partial charge in [0.1, 0.15) is 11.5 Å². The van der Waals surface area contributed by atoms with E-state index < -0.39 is 34.9 Å². The number of nitro groups is 1. The predicted molar refractivity (Wildman–Crippen MR) is 118 cm³/mol. The van der Waals surface area contributed by atoms with Gasteiger partial charge in [-0.3, -0.25) is 19.7 Å². The Labute approximate surface area is 188 Å². The molecule has 168 valence electrons. The molecule has 0 radical (unpaired) electrons. The number of halogens is 1. The summed E-state index contributed by atoms with van der Waals surface area (Å²) in [7, 11) is 0. The minimum Gasteiger partial charge on any atom is -0.452 e. The smallest absolute Gasteiger partial charge is 0.339 e. The van der Waals surface area contributed by atoms with E-state index in [0.29, 0.717) is 11.6 Å². The lowest BCUT2D eigenvalue weighted by Gasteiger charge is -2.11. The fourth-order valence-electron chi connectivity index (χ4n) is 3.14. The summed E-state index contributed by atoms with van der Waals surface area (Å²) in [6.45, 7) is 2.87. The molecule has 0 aliphatic rings. The van der Waals surface area contributed by atoms with E-state index in [1.807, 2.05) is 19.1 Å². The number of ether oxygens (including phenoxy) is 1. The van der Waals surface area contributed by atoms with Crippen molar-refractivity contribution in [2.45, 2.75) is 13.8 Å². The average molecular weight is 450 g/mol. The van der Waals surface area contributed by atoms with Crippen molar-refractivity contribution in [2.24, 2.45) is 0 Å². The molecule has 3 aromatic carbocycles. The number of benzene rings is 3. The molecular weight excluding hydrogens is 431 g/mol. The zero-order valence-electron chi connectivity index (χ0n) is 17.8. The Hall–Kier alpha value is -4.40. The third-order valence-corrected chi connectivity index (χ3v) is 4.79. The predicted octanol–water partition coefficient (Wildman–Crippen LogP) is 4.38. The maximum atomic E-state index is 13.2. The second kappa shape index (κ2) is 9.82. The molecule has 0 saturated heterocycles. The van der Waals surface area contributed by atoms with Crippen LogP contribution in [0.2, 0.25) is 0 Å². The number of nitrogens with zero attached hydrogens (tertiary/aromatic N) is 1. The standard InChI is InChI=1S/C24H19FN2O6/c1-14-7-8-15(2)19(11-14)23(29)17-5-3-4-6-18(17)24(30)33-13-22(28)26-20-10-9-16(25)12-21(20)27(31)32/h3-12H,13H2,1-2H3,(H,26,28). The molecule has 0 atom stereocenters. The minimum atomic E-state index is -0.909. The van der Waals surface area contributed by atoms with Crippen molar-refractivity contribution >= 4 is 29.0 Å². The summed E-state index contributed by atoms with van der Waals surface area (Å²) in [6.07, 6.45) is 0. The summed E-state index contributed by atoms with van der Waals surface area (Å²) < 4.78 is 18.3. The number of hydrogen-bond acceptors (Lipinski definition) is 6. The van der Waals surface area contributed by atoms with E-state index in [-0.39, 0.29) is 22.6 Å². The monoisotopic (exact) mass is 450 g/mol. The van der Waals surface area contributed by atoms with E-state index in [0.717, 1.165) is 23.3 Å². The summed E-state index contributed by atoms with van der Waals surface area (Å²) >= 11 is 0. The lowest BCUT2D eigenvalue weighted by Crippen LogP contribution is -2.22. The number of aryl methyl sites for hydroxylation is 2. The Morgan fingerprint density at radius 3 is 2.36 bits per heavy atom. The van der Waals surface area contributed by atoms with Gasteiger partial charge in [0.05, 0.1) is 16.6 Å². The molecule has 0 heterocycles. The summed E-state index contributed by atoms with van der Waals surface area (Å²) in [5.41, 5.74) is 1.28. The van der Waals surface area contributed by atoms with Crippen LogP contribution in [0.1, 0.15) is 37.4 Å². The topological polar surface area (TPSA) is 116 Å². The average Bonchev–Trinajstić information content (AvgIpc) is 2.79. The molecule has 3 aromatic rings. The van der Waals surface area contributed by atoms with E-state index in [4.69, 9.17) is 4.74 Å². The first-order valence-corrected chi connectivity index (χ1v) is 9.79. The Morgan fingerprint density at radius 1 is 0.970 bits per heavy atom. The third kappa shape index (κ3) is 5.45. The van der Waals surface area contributed by atoms with Crippen LogP contribution >= 0.6 is 0 Å². The van der Waals surface area contributed by atoms with Crippen LogP contribution in [-0.2, 0) is 9.53 Å². The number of amides is 1. The van der Waals surface area contributed by atoms with E-state index in [1.165, 1.54) is 12.1 Å². The maximum Gasteiger partial charge on any atom is 0.339 e. The number of carbonyl (C=O) groups is 3. The Bertz CT molecular complexity index is 1270. The van der Waals surface area contributed by atoms with Gasteiger partial charge in [0.25, 0.3) is 11.6 Å². The lowest BCUT2D eigenvalue weighted by atomic mass is 9.94. The van der Waals surface area contributed by atoms with E-state index in [9.17, 15) is 28.9 Å². The molecule has 8 nitrogen and oxygen atoms in total. The summed E-state index contributed by atoms with van der Waals surface area (Å²) in [6, 6.07) is 14.1. The summed E-state index contributed by atoms with van der Waals surface area (Å²) in [5.74, 6) is -2.98. The molecule has 3 rings (SSSR count). The molecular formula is C24H19FN2O6. The number of rotatable bonds is 7. The molecule has 0 spiro atoms. The molecule has 33 heavy (non-hydrogen) atoms. The van der Waals surface area contributed by atoms with Crippen LogP contribution in [0.25, 0.3) is 0 Å². The molecule has 9 heteroatoms. The first-order valence-electron chi connectivity index (χ1n) is 9.79. The van der Waals surface area contributed by atoms with Crippen molar-refractivity contribution in [3.63, 3.8) is 0 Å². The number of nitrogens with one attached hydrogen (secondary N) is 1. The molecule has 0 unspecified atom stereocenters. The molecule has 0 aliphatic carbocycles. The van der Waals surface area contributed by atoms with Crippen molar-refractivity contribution < 1.29 is 28.4 Å². The van der Waals surface area contributed by atoms with E-state index >= 15 is 0 Å². The van der Waals surface area contributed by atoms with Gasteiger partial charge in [-0.05, 0) is 43.7 Å². The highest BCUT2D eigenvalue weighted by Gasteiger charge is 2.22. The van der Waals surface area contributed by atoms with Gasteiger partial charge in [0, 0.05) is 11.1 Å². The van der Waals surface area contributed by atoms with Gasteiger partial charge >= 0.3 is 5.97 Å². The zero-order chi connectivity index (χ0) is 24.1. The second-order valence-electron chi connectivity index (χ2n) is 7.24. The van der Waals surface area contributed by atoms with Crippen LogP contribution in [0.3, 0.4) is 0 Å². The molecule has 1 N–H and O–H groups in total. The second-order valence-corrected chi connectivity index (χ2v) is 7.24. The SMILES string of the molecule is Cc1ccc(C)c(C(=O)c2ccccc2C(=O)OCC(=O)Nc2ccc(F)cc2[N+](=O)[O-])c1. The number of carbonyl (C=O) groups excluding carboxylic acids is 3. The highest BCUT2D eigenvalue weighted by molar-refractivity contribution is 6.15. The number of anilines is 1. The summed E-state index contributed by atoms with van der Waals surface area (Å²) in [5, 5.41) is 13.3. The largest absolute Gasteiger partial charge is 0.452 e. The highest BCUT2D eigenvalue weighted by Crippen LogP contribution is 2.25. The normalized spacial score (nSPS) is 10.4. The number of hydrogen-bond donors (Lipinski definition) is 1. The van der Waals surface area contributed by atoms with Gasteiger partial charge in [0.15, 0.2) is 12.4 Å². The van der Waals surface area contributed by atoms with Gasteiger partial charge in [-0.1, -0.05) is 35.9 Å². The van der Waals surface area contributed by atoms with E-state index in [1.54, 1.807) is 25.1 Å². The summed E-state index contributed by atoms with van der Waals surface area (Å²) in [4.78, 5) is 48.0. The first kappa shape index (κ1) is 23.3. The van der Waals surface area contributed by atoms with Crippen LogP contribution in [0.4, 0.5) is 15.8 Å². The Balaban J connectivity index is 1.75. The Morgan fingerprint density at radius 2 is 1.67 bits per heavy atom. The van der Waals surface area contributed by atoms with Gasteiger partial charge in [-0.25, -0.2) is 9.18 Å². The first-order chi connectivity index (χ1) is 15.7. The molecule has 0 aromatic heterocycles. The van der Waals surface area contributed by atoms with Crippen molar-refractivity contribution in [1.29, 1.82) is 0 Å². The number of nitro benzene ring substituents is 1. The van der Waals surface area contributed by atoms with Crippen LogP contribution in [0.15, 0.2) is 60.7 Å². The quantitative estimate of drug-likeness (QED) is 0.247. The molecule has 1 amide bonds. The van der Waals surface area contributed by atoms with Gasteiger partial charge in [-0.15, -0.1) is 0 Å². The highest BCUT2D eigenvalue weighted by atomic mass is 19.1. The van der Waals surface area contributed by atoms with Gasteiger partial charge < -0.3 is 10.1 Å². The molecule has 0 saturated carbocycles. The molecule has 0 aliphatic heterocycles. The van der Waals surface area contributed by atoms with Crippen LogP contribution < -0.4 is 5.32 Å². The third-order valence-electron chi connectivity index (χ3n) is 4.79. The van der Waals surface area contributed by atoms with Crippen molar-refractivity contribution in [3.8, 4) is 0 Å².